The Morgan fingerprint density at radius 3 is 1.39 bits per heavy atom. The third-order valence-electron chi connectivity index (χ3n) is 13.3. The van der Waals surface area contributed by atoms with E-state index in [9.17, 15) is 9.59 Å². The second kappa shape index (κ2) is 19.0. The molecule has 0 fully saturated rings. The second-order valence-electron chi connectivity index (χ2n) is 19.4. The molecule has 4 aromatic rings. The van der Waals surface area contributed by atoms with Crippen LogP contribution in [0.4, 0.5) is 0 Å². The molecule has 3 aromatic carbocycles. The Labute approximate surface area is 359 Å². The summed E-state index contributed by atoms with van der Waals surface area (Å²) in [6.07, 6.45) is 1.52. The first-order valence-electron chi connectivity index (χ1n) is 22.1. The van der Waals surface area contributed by atoms with Crippen molar-refractivity contribution in [1.29, 1.82) is 0 Å². The van der Waals surface area contributed by atoms with E-state index in [1.165, 1.54) is 6.26 Å². The molecular formula is C49H74O7Si3. The van der Waals surface area contributed by atoms with Crippen LogP contribution < -0.4 is 23.4 Å². The van der Waals surface area contributed by atoms with Crippen LogP contribution in [-0.4, -0.2) is 30.9 Å². The van der Waals surface area contributed by atoms with Gasteiger partial charge in [-0.25, -0.2) is 4.79 Å². The van der Waals surface area contributed by atoms with Gasteiger partial charge in [-0.15, -0.1) is 0 Å². The molecule has 0 saturated heterocycles. The largest absolute Gasteiger partial charge is 0.543 e. The number of carbonyl (C=O) groups is 1. The van der Waals surface area contributed by atoms with E-state index in [1.807, 2.05) is 42.5 Å². The molecule has 0 atom stereocenters. The fourth-order valence-electron chi connectivity index (χ4n) is 10.7. The first kappa shape index (κ1) is 48.1. The van der Waals surface area contributed by atoms with Crippen molar-refractivity contribution in [2.75, 3.05) is 0 Å². The van der Waals surface area contributed by atoms with Gasteiger partial charge in [-0.2, -0.15) is 0 Å². The van der Waals surface area contributed by atoms with Crippen LogP contribution in [0.25, 0.3) is 22.1 Å². The first-order valence-corrected chi connectivity index (χ1v) is 28.5. The van der Waals surface area contributed by atoms with Crippen LogP contribution in [0.15, 0.2) is 76.1 Å². The van der Waals surface area contributed by atoms with E-state index in [0.29, 0.717) is 61.5 Å². The number of hydrogen-bond acceptors (Lipinski definition) is 7. The standard InChI is InChI=1S/C49H74O7Si3/c1-30(2)57(31(3)4,32(5)6)54-40-24-25-41-44(26-40)52-29-43(48(41)50)42-27-46(53-49(51)39-22-20-19-21-23-39)47(56-59(36(13)14,37(15)16)38(17)18)28-45(42)55-58(33(7)8,34(9)10)35(11)12/h19-38H,1-18H3. The smallest absolute Gasteiger partial charge is 0.343 e. The summed E-state index contributed by atoms with van der Waals surface area (Å²) in [6, 6.07) is 18.2. The van der Waals surface area contributed by atoms with Gasteiger partial charge >= 0.3 is 5.97 Å². The normalized spacial score (nSPS) is 13.1. The molecular weight excluding hydrogens is 785 g/mol. The minimum atomic E-state index is -2.61. The van der Waals surface area contributed by atoms with Crippen molar-refractivity contribution in [2.24, 2.45) is 0 Å². The van der Waals surface area contributed by atoms with Crippen molar-refractivity contribution < 1.29 is 27.2 Å². The lowest BCUT2D eigenvalue weighted by atomic mass is 10.0. The molecule has 0 spiro atoms. The third kappa shape index (κ3) is 9.20. The zero-order chi connectivity index (χ0) is 44.4. The molecule has 0 aliphatic carbocycles. The highest BCUT2D eigenvalue weighted by molar-refractivity contribution is 6.79. The monoisotopic (exact) mass is 858 g/mol. The average molecular weight is 859 g/mol. The lowest BCUT2D eigenvalue weighted by Crippen LogP contribution is -2.51. The highest BCUT2D eigenvalue weighted by atomic mass is 28.4. The molecule has 0 bridgehead atoms. The lowest BCUT2D eigenvalue weighted by Gasteiger charge is -2.44. The van der Waals surface area contributed by atoms with Crippen LogP contribution in [0.2, 0.25) is 49.9 Å². The number of esters is 1. The Morgan fingerprint density at radius 1 is 0.492 bits per heavy atom. The topological polar surface area (TPSA) is 84.2 Å². The van der Waals surface area contributed by atoms with Crippen LogP contribution >= 0.6 is 0 Å². The van der Waals surface area contributed by atoms with Crippen molar-refractivity contribution in [3.8, 4) is 34.1 Å². The molecule has 4 rings (SSSR count). The van der Waals surface area contributed by atoms with Gasteiger partial charge < -0.3 is 22.4 Å². The van der Waals surface area contributed by atoms with E-state index in [2.05, 4.69) is 125 Å². The molecule has 59 heavy (non-hydrogen) atoms. The van der Waals surface area contributed by atoms with E-state index in [4.69, 9.17) is 22.4 Å². The third-order valence-corrected chi connectivity index (χ3v) is 31.3. The van der Waals surface area contributed by atoms with Crippen molar-refractivity contribution >= 4 is 41.9 Å². The van der Waals surface area contributed by atoms with Crippen LogP contribution in [0.1, 0.15) is 135 Å². The first-order chi connectivity index (χ1) is 27.5. The van der Waals surface area contributed by atoms with Crippen molar-refractivity contribution in [3.63, 3.8) is 0 Å². The Balaban J connectivity index is 2.08. The van der Waals surface area contributed by atoms with Crippen LogP contribution in [0, 0.1) is 0 Å². The molecule has 324 valence electrons. The van der Waals surface area contributed by atoms with Crippen LogP contribution in [0.5, 0.6) is 23.0 Å². The molecule has 0 saturated carbocycles. The highest BCUT2D eigenvalue weighted by Crippen LogP contribution is 2.51. The number of fused-ring (bicyclic) bond motifs is 1. The molecule has 0 aliphatic heterocycles. The van der Waals surface area contributed by atoms with Gasteiger partial charge in [0.05, 0.1) is 16.5 Å². The summed E-state index contributed by atoms with van der Waals surface area (Å²) in [6.45, 7) is 40.4. The molecule has 1 heterocycles. The Hall–Kier alpha value is -3.61. The van der Waals surface area contributed by atoms with E-state index >= 15 is 0 Å². The van der Waals surface area contributed by atoms with E-state index in [0.717, 1.165) is 0 Å². The van der Waals surface area contributed by atoms with Gasteiger partial charge in [0.15, 0.2) is 11.5 Å². The van der Waals surface area contributed by atoms with Crippen molar-refractivity contribution in [1.82, 2.24) is 0 Å². The number of ether oxygens (including phenoxy) is 1. The molecule has 0 N–H and O–H groups in total. The zero-order valence-corrected chi connectivity index (χ0v) is 42.4. The Morgan fingerprint density at radius 2 is 0.932 bits per heavy atom. The fourth-order valence-corrected chi connectivity index (χ4v) is 26.5. The summed E-state index contributed by atoms with van der Waals surface area (Å²) in [5, 5.41) is 0.431. The van der Waals surface area contributed by atoms with Gasteiger partial charge in [-0.3, -0.25) is 4.79 Å². The summed E-state index contributed by atoms with van der Waals surface area (Å²) in [4.78, 5) is 28.7. The van der Waals surface area contributed by atoms with Crippen molar-refractivity contribution in [2.45, 2.75) is 174 Å². The maximum atomic E-state index is 14.8. The second-order valence-corrected chi connectivity index (χ2v) is 35.6. The highest BCUT2D eigenvalue weighted by Gasteiger charge is 2.50. The molecule has 7 nitrogen and oxygen atoms in total. The van der Waals surface area contributed by atoms with Gasteiger partial charge in [0.2, 0.25) is 5.43 Å². The molecule has 0 unspecified atom stereocenters. The minimum Gasteiger partial charge on any atom is -0.543 e. The molecule has 10 heteroatoms. The summed E-state index contributed by atoms with van der Waals surface area (Å²) >= 11 is 0. The van der Waals surface area contributed by atoms with E-state index in [-0.39, 0.29) is 44.4 Å². The van der Waals surface area contributed by atoms with E-state index in [1.54, 1.807) is 18.2 Å². The van der Waals surface area contributed by atoms with Crippen LogP contribution in [-0.2, 0) is 0 Å². The summed E-state index contributed by atoms with van der Waals surface area (Å²) in [5.74, 6) is 1.43. The maximum Gasteiger partial charge on any atom is 0.343 e. The summed E-state index contributed by atoms with van der Waals surface area (Å²) in [7, 11) is -7.46. The molecule has 1 aromatic heterocycles. The van der Waals surface area contributed by atoms with Crippen molar-refractivity contribution in [3.05, 3.63) is 82.7 Å². The van der Waals surface area contributed by atoms with Crippen LogP contribution in [0.3, 0.4) is 0 Å². The Bertz CT molecular complexity index is 2030. The Kier molecular flexibility index (Phi) is 15.5. The predicted octanol–water partition coefficient (Wildman–Crippen LogP) is 15.3. The lowest BCUT2D eigenvalue weighted by molar-refractivity contribution is 0.0731. The number of rotatable bonds is 18. The SMILES string of the molecule is CC(C)[Si](Oc1ccc2c(=O)c(-c3cc(OC(=O)c4ccccc4)c(O[Si](C(C)C)(C(C)C)C(C)C)cc3O[Si](C(C)C)(C(C)C)C(C)C)coc2c1)(C(C)C)C(C)C. The molecule has 0 aliphatic rings. The minimum absolute atomic E-state index is 0.210. The number of carbonyl (C=O) groups excluding carboxylic acids is 1. The quantitative estimate of drug-likeness (QED) is 0.0560. The zero-order valence-electron chi connectivity index (χ0n) is 39.4. The maximum absolute atomic E-state index is 14.8. The average Bonchev–Trinajstić information content (AvgIpc) is 3.14. The molecule has 0 radical (unpaired) electrons. The summed E-state index contributed by atoms with van der Waals surface area (Å²) in [5.41, 5.74) is 4.10. The predicted molar refractivity (Wildman–Crippen MR) is 254 cm³/mol. The van der Waals surface area contributed by atoms with Gasteiger partial charge in [-0.1, -0.05) is 143 Å². The summed E-state index contributed by atoms with van der Waals surface area (Å²) < 4.78 is 34.6. The van der Waals surface area contributed by atoms with Gasteiger partial charge in [0.1, 0.15) is 23.3 Å². The fraction of sp³-hybridized carbons (Fsp3) is 0.551. The van der Waals surface area contributed by atoms with Gasteiger partial charge in [0, 0.05) is 17.7 Å². The van der Waals surface area contributed by atoms with E-state index < -0.39 is 30.9 Å². The van der Waals surface area contributed by atoms with Gasteiger partial charge in [0.25, 0.3) is 25.0 Å². The van der Waals surface area contributed by atoms with Gasteiger partial charge in [-0.05, 0) is 80.2 Å². The number of hydrogen-bond donors (Lipinski definition) is 0. The molecule has 0 amide bonds. The number of benzene rings is 3.